The van der Waals surface area contributed by atoms with Crippen LogP contribution >= 0.6 is 7.60 Å². The molecule has 1 aromatic carbocycles. The Morgan fingerprint density at radius 3 is 2.00 bits per heavy atom. The summed E-state index contributed by atoms with van der Waals surface area (Å²) in [6.07, 6.45) is -4.84. The fourth-order valence-corrected chi connectivity index (χ4v) is 1.60. The molecule has 96 valence electrons. The molecule has 1 rings (SSSR count). The van der Waals surface area contributed by atoms with E-state index >= 15 is 0 Å². The van der Waals surface area contributed by atoms with Crippen molar-refractivity contribution in [3.05, 3.63) is 29.8 Å². The Morgan fingerprint density at radius 2 is 1.65 bits per heavy atom. The van der Waals surface area contributed by atoms with Crippen LogP contribution in [-0.2, 0) is 4.57 Å². The molecule has 0 heterocycles. The van der Waals surface area contributed by atoms with E-state index in [0.29, 0.717) is 0 Å². The van der Waals surface area contributed by atoms with Crippen molar-refractivity contribution < 1.29 is 37.4 Å². The monoisotopic (exact) mass is 272 g/mol. The molecule has 0 bridgehead atoms. The normalized spacial score (nSPS) is 14.5. The standard InChI is InChI=1S/C8H8F3O5P/c9-8(10,11)16-6-3-1-5(2-4-6)7(12)17(13,14)15/h1-4,7,12H,(H2,13,14,15). The number of ether oxygens (including phenoxy) is 1. The quantitative estimate of drug-likeness (QED) is 0.730. The van der Waals surface area contributed by atoms with Crippen molar-refractivity contribution in [1.82, 2.24) is 0 Å². The summed E-state index contributed by atoms with van der Waals surface area (Å²) in [6.45, 7) is 0. The van der Waals surface area contributed by atoms with Gasteiger partial charge in [-0.25, -0.2) is 0 Å². The lowest BCUT2D eigenvalue weighted by Crippen LogP contribution is -2.17. The summed E-state index contributed by atoms with van der Waals surface area (Å²) in [5.41, 5.74) is -0.201. The Kier molecular flexibility index (Phi) is 3.83. The van der Waals surface area contributed by atoms with Gasteiger partial charge >= 0.3 is 14.0 Å². The number of hydrogen-bond acceptors (Lipinski definition) is 3. The third-order valence-electron chi connectivity index (χ3n) is 1.73. The van der Waals surface area contributed by atoms with Crippen molar-refractivity contribution in [2.75, 3.05) is 0 Å². The minimum Gasteiger partial charge on any atom is -0.406 e. The molecule has 1 atom stereocenters. The smallest absolute Gasteiger partial charge is 0.406 e. The van der Waals surface area contributed by atoms with Gasteiger partial charge in [-0.3, -0.25) is 4.57 Å². The van der Waals surface area contributed by atoms with E-state index in [0.717, 1.165) is 24.3 Å². The van der Waals surface area contributed by atoms with Crippen molar-refractivity contribution in [3.8, 4) is 5.75 Å². The second kappa shape index (κ2) is 4.66. The van der Waals surface area contributed by atoms with Crippen molar-refractivity contribution in [2.24, 2.45) is 0 Å². The highest BCUT2D eigenvalue weighted by Gasteiger charge is 2.32. The van der Waals surface area contributed by atoms with E-state index in [1.54, 1.807) is 0 Å². The number of aliphatic hydroxyl groups is 1. The van der Waals surface area contributed by atoms with Gasteiger partial charge in [-0.05, 0) is 17.7 Å². The molecule has 1 unspecified atom stereocenters. The van der Waals surface area contributed by atoms with Crippen LogP contribution in [0.25, 0.3) is 0 Å². The zero-order chi connectivity index (χ0) is 13.3. The van der Waals surface area contributed by atoms with Gasteiger partial charge in [0.15, 0.2) is 5.85 Å². The largest absolute Gasteiger partial charge is 0.573 e. The van der Waals surface area contributed by atoms with Crippen LogP contribution in [0.4, 0.5) is 13.2 Å². The first-order valence-electron chi connectivity index (χ1n) is 4.18. The van der Waals surface area contributed by atoms with E-state index < -0.39 is 25.6 Å². The van der Waals surface area contributed by atoms with E-state index in [-0.39, 0.29) is 5.56 Å². The molecule has 0 spiro atoms. The zero-order valence-electron chi connectivity index (χ0n) is 8.13. The minimum absolute atomic E-state index is 0.201. The topological polar surface area (TPSA) is 87.0 Å². The van der Waals surface area contributed by atoms with Gasteiger partial charge in [0, 0.05) is 0 Å². The molecule has 0 aliphatic carbocycles. The molecule has 0 saturated heterocycles. The van der Waals surface area contributed by atoms with Gasteiger partial charge in [0.1, 0.15) is 5.75 Å². The lowest BCUT2D eigenvalue weighted by atomic mass is 10.2. The lowest BCUT2D eigenvalue weighted by molar-refractivity contribution is -0.274. The van der Waals surface area contributed by atoms with Crippen LogP contribution in [0.2, 0.25) is 0 Å². The predicted octanol–water partition coefficient (Wildman–Crippen LogP) is 1.75. The summed E-state index contributed by atoms with van der Waals surface area (Å²) < 4.78 is 49.6. The predicted molar refractivity (Wildman–Crippen MR) is 50.1 cm³/mol. The van der Waals surface area contributed by atoms with E-state index in [1.165, 1.54) is 0 Å². The van der Waals surface area contributed by atoms with E-state index in [4.69, 9.17) is 14.9 Å². The van der Waals surface area contributed by atoms with E-state index in [1.807, 2.05) is 0 Å². The van der Waals surface area contributed by atoms with Crippen LogP contribution in [0.5, 0.6) is 5.75 Å². The molecule has 0 saturated carbocycles. The number of rotatable bonds is 3. The van der Waals surface area contributed by atoms with Crippen LogP contribution < -0.4 is 4.74 Å². The van der Waals surface area contributed by atoms with Crippen LogP contribution in [0.3, 0.4) is 0 Å². The third-order valence-corrected chi connectivity index (χ3v) is 2.67. The molecule has 17 heavy (non-hydrogen) atoms. The molecule has 0 fully saturated rings. The summed E-state index contributed by atoms with van der Waals surface area (Å²) in [5.74, 6) is -2.61. The highest BCUT2D eigenvalue weighted by molar-refractivity contribution is 7.51. The Bertz CT molecular complexity index is 424. The Hall–Kier alpha value is -1.08. The van der Waals surface area contributed by atoms with Crippen LogP contribution in [0.1, 0.15) is 11.4 Å². The highest BCUT2D eigenvalue weighted by atomic mass is 31.2. The van der Waals surface area contributed by atoms with Crippen molar-refractivity contribution in [1.29, 1.82) is 0 Å². The van der Waals surface area contributed by atoms with Crippen molar-refractivity contribution in [3.63, 3.8) is 0 Å². The summed E-state index contributed by atoms with van der Waals surface area (Å²) in [6, 6.07) is 3.57. The Labute approximate surface area is 93.6 Å². The average molecular weight is 272 g/mol. The number of aliphatic hydroxyl groups excluding tert-OH is 1. The van der Waals surface area contributed by atoms with Gasteiger partial charge in [0.2, 0.25) is 0 Å². The van der Waals surface area contributed by atoms with Gasteiger partial charge in [0.05, 0.1) is 0 Å². The average Bonchev–Trinajstić information content (AvgIpc) is 2.14. The molecule has 5 nitrogen and oxygen atoms in total. The van der Waals surface area contributed by atoms with Crippen LogP contribution in [0.15, 0.2) is 24.3 Å². The first-order valence-corrected chi connectivity index (χ1v) is 5.87. The summed E-state index contributed by atoms with van der Waals surface area (Å²) in [4.78, 5) is 17.3. The number of benzene rings is 1. The van der Waals surface area contributed by atoms with E-state index in [2.05, 4.69) is 4.74 Å². The first-order chi connectivity index (χ1) is 7.59. The number of hydrogen-bond donors (Lipinski definition) is 3. The maximum absolute atomic E-state index is 11.8. The second-order valence-electron chi connectivity index (χ2n) is 3.08. The molecule has 0 amide bonds. The Morgan fingerprint density at radius 1 is 1.18 bits per heavy atom. The fraction of sp³-hybridized carbons (Fsp3) is 0.250. The molecule has 9 heteroatoms. The maximum Gasteiger partial charge on any atom is 0.573 e. The van der Waals surface area contributed by atoms with Gasteiger partial charge in [-0.15, -0.1) is 13.2 Å². The van der Waals surface area contributed by atoms with Crippen molar-refractivity contribution >= 4 is 7.60 Å². The molecular formula is C8H8F3O5P. The zero-order valence-corrected chi connectivity index (χ0v) is 9.02. The summed E-state index contributed by atoms with van der Waals surface area (Å²) >= 11 is 0. The number of halogens is 3. The third kappa shape index (κ3) is 4.35. The van der Waals surface area contributed by atoms with Gasteiger partial charge in [-0.1, -0.05) is 12.1 Å². The first kappa shape index (κ1) is 14.0. The van der Waals surface area contributed by atoms with Crippen LogP contribution in [0, 0.1) is 0 Å². The van der Waals surface area contributed by atoms with Crippen LogP contribution in [-0.4, -0.2) is 21.3 Å². The van der Waals surface area contributed by atoms with Gasteiger partial charge in [0.25, 0.3) is 0 Å². The minimum atomic E-state index is -4.84. The molecule has 3 N–H and O–H groups in total. The second-order valence-corrected chi connectivity index (χ2v) is 4.75. The van der Waals surface area contributed by atoms with E-state index in [9.17, 15) is 17.7 Å². The molecule has 0 radical (unpaired) electrons. The maximum atomic E-state index is 11.8. The molecule has 1 aromatic rings. The molecular weight excluding hydrogens is 264 g/mol. The number of alkyl halides is 3. The summed E-state index contributed by atoms with van der Waals surface area (Å²) in [5, 5.41) is 9.15. The Balaban J connectivity index is 2.85. The fourth-order valence-electron chi connectivity index (χ4n) is 1.04. The van der Waals surface area contributed by atoms with Crippen molar-refractivity contribution in [2.45, 2.75) is 12.2 Å². The molecule has 0 aromatic heterocycles. The molecule has 0 aliphatic heterocycles. The summed E-state index contributed by atoms with van der Waals surface area (Å²) in [7, 11) is -4.74. The van der Waals surface area contributed by atoms with Gasteiger partial charge < -0.3 is 19.6 Å². The lowest BCUT2D eigenvalue weighted by Gasteiger charge is -2.13. The highest BCUT2D eigenvalue weighted by Crippen LogP contribution is 2.49. The van der Waals surface area contributed by atoms with Gasteiger partial charge in [-0.2, -0.15) is 0 Å². The SMILES string of the molecule is O=P(O)(O)C(O)c1ccc(OC(F)(F)F)cc1. The molecule has 0 aliphatic rings.